The Morgan fingerprint density at radius 3 is 2.94 bits per heavy atom. The Bertz CT molecular complexity index is 253. The second-order valence-electron chi connectivity index (χ2n) is 4.79. The zero-order valence-corrected chi connectivity index (χ0v) is 10.3. The Morgan fingerprint density at radius 1 is 1.56 bits per heavy atom. The van der Waals surface area contributed by atoms with Crippen LogP contribution in [-0.2, 0) is 4.79 Å². The topological polar surface area (TPSA) is 29.1 Å². The minimum atomic E-state index is -0.0817. The van der Waals surface area contributed by atoms with Crippen molar-refractivity contribution in [3.63, 3.8) is 0 Å². The molecule has 0 aliphatic carbocycles. The van der Waals surface area contributed by atoms with Gasteiger partial charge < -0.3 is 5.32 Å². The Balaban J connectivity index is 2.54. The van der Waals surface area contributed by atoms with Crippen molar-refractivity contribution in [3.8, 4) is 12.3 Å². The molecular formula is C14H23NO. The first-order valence-electron chi connectivity index (χ1n) is 6.42. The van der Waals surface area contributed by atoms with Crippen molar-refractivity contribution in [3.05, 3.63) is 0 Å². The largest absolute Gasteiger partial charge is 0.316 e. The van der Waals surface area contributed by atoms with E-state index < -0.39 is 0 Å². The summed E-state index contributed by atoms with van der Waals surface area (Å²) in [6.07, 6.45) is 11.7. The Labute approximate surface area is 99.2 Å². The molecule has 0 spiro atoms. The summed E-state index contributed by atoms with van der Waals surface area (Å²) in [6.45, 7) is 4.09. The van der Waals surface area contributed by atoms with E-state index in [1.807, 2.05) is 0 Å². The number of ketones is 1. The molecule has 1 fully saturated rings. The smallest absolute Gasteiger partial charge is 0.140 e. The molecule has 1 atom stereocenters. The van der Waals surface area contributed by atoms with Crippen LogP contribution in [0.25, 0.3) is 0 Å². The third-order valence-corrected chi connectivity index (χ3v) is 3.52. The molecule has 0 bridgehead atoms. The highest BCUT2D eigenvalue weighted by Crippen LogP contribution is 2.34. The number of nitrogens with one attached hydrogen (secondary N) is 1. The molecule has 1 aliphatic rings. The summed E-state index contributed by atoms with van der Waals surface area (Å²) < 4.78 is 0. The van der Waals surface area contributed by atoms with Crippen LogP contribution in [-0.4, -0.2) is 18.9 Å². The molecule has 0 amide bonds. The van der Waals surface area contributed by atoms with Gasteiger partial charge in [-0.1, -0.05) is 13.3 Å². The van der Waals surface area contributed by atoms with Crippen LogP contribution in [0, 0.1) is 17.8 Å². The second kappa shape index (κ2) is 6.70. The standard InChI is InChI=1S/C14H23NO/c1-3-5-6-8-13(16)14(9-4-2)10-7-11-15-12-14/h1,15H,4-12H2,2H3. The highest BCUT2D eigenvalue weighted by Gasteiger charge is 2.37. The highest BCUT2D eigenvalue weighted by molar-refractivity contribution is 5.85. The fourth-order valence-corrected chi connectivity index (χ4v) is 2.65. The monoisotopic (exact) mass is 221 g/mol. The Kier molecular flexibility index (Phi) is 5.55. The van der Waals surface area contributed by atoms with Gasteiger partial charge in [-0.3, -0.25) is 4.79 Å². The zero-order valence-electron chi connectivity index (χ0n) is 10.3. The normalized spacial score (nSPS) is 25.0. The molecule has 2 nitrogen and oxygen atoms in total. The summed E-state index contributed by atoms with van der Waals surface area (Å²) in [5.74, 6) is 3.03. The van der Waals surface area contributed by atoms with E-state index in [9.17, 15) is 4.79 Å². The fraction of sp³-hybridized carbons (Fsp3) is 0.786. The van der Waals surface area contributed by atoms with E-state index in [0.29, 0.717) is 12.2 Å². The molecule has 1 aliphatic heterocycles. The molecule has 0 aromatic rings. The van der Waals surface area contributed by atoms with Crippen molar-refractivity contribution in [2.75, 3.05) is 13.1 Å². The van der Waals surface area contributed by atoms with Crippen LogP contribution < -0.4 is 5.32 Å². The second-order valence-corrected chi connectivity index (χ2v) is 4.79. The van der Waals surface area contributed by atoms with Crippen LogP contribution >= 0.6 is 0 Å². The summed E-state index contributed by atoms with van der Waals surface area (Å²) in [7, 11) is 0. The van der Waals surface area contributed by atoms with Crippen LogP contribution in [0.1, 0.15) is 51.9 Å². The van der Waals surface area contributed by atoms with Gasteiger partial charge in [0.1, 0.15) is 5.78 Å². The van der Waals surface area contributed by atoms with E-state index in [0.717, 1.165) is 51.6 Å². The lowest BCUT2D eigenvalue weighted by molar-refractivity contribution is -0.130. The van der Waals surface area contributed by atoms with Gasteiger partial charge in [0.2, 0.25) is 0 Å². The molecule has 1 heterocycles. The number of unbranched alkanes of at least 4 members (excludes halogenated alkanes) is 1. The molecule has 0 aromatic carbocycles. The first kappa shape index (κ1) is 13.3. The third-order valence-electron chi connectivity index (χ3n) is 3.52. The van der Waals surface area contributed by atoms with Crippen molar-refractivity contribution in [2.45, 2.75) is 51.9 Å². The van der Waals surface area contributed by atoms with Crippen molar-refractivity contribution in [2.24, 2.45) is 5.41 Å². The summed E-state index contributed by atoms with van der Waals surface area (Å²) in [4.78, 5) is 12.3. The average molecular weight is 221 g/mol. The lowest BCUT2D eigenvalue weighted by Gasteiger charge is -2.36. The van der Waals surface area contributed by atoms with Crippen LogP contribution in [0.2, 0.25) is 0 Å². The number of carbonyl (C=O) groups excluding carboxylic acids is 1. The first-order valence-corrected chi connectivity index (χ1v) is 6.42. The SMILES string of the molecule is C#CCCCC(=O)C1(CCC)CCCNC1. The van der Waals surface area contributed by atoms with Crippen molar-refractivity contribution in [1.29, 1.82) is 0 Å². The maximum atomic E-state index is 12.3. The molecule has 90 valence electrons. The van der Waals surface area contributed by atoms with Gasteiger partial charge in [-0.05, 0) is 32.2 Å². The van der Waals surface area contributed by atoms with Gasteiger partial charge >= 0.3 is 0 Å². The first-order chi connectivity index (χ1) is 7.75. The van der Waals surface area contributed by atoms with Crippen LogP contribution in [0.4, 0.5) is 0 Å². The Morgan fingerprint density at radius 2 is 2.38 bits per heavy atom. The summed E-state index contributed by atoms with van der Waals surface area (Å²) >= 11 is 0. The quantitative estimate of drug-likeness (QED) is 0.551. The minimum absolute atomic E-state index is 0.0817. The maximum absolute atomic E-state index is 12.3. The molecule has 1 saturated heterocycles. The minimum Gasteiger partial charge on any atom is -0.316 e. The van der Waals surface area contributed by atoms with Crippen LogP contribution in [0.15, 0.2) is 0 Å². The predicted octanol–water partition coefficient (Wildman–Crippen LogP) is 2.53. The van der Waals surface area contributed by atoms with Gasteiger partial charge in [0, 0.05) is 24.8 Å². The number of rotatable bonds is 6. The molecule has 0 aromatic heterocycles. The van der Waals surface area contributed by atoms with Crippen molar-refractivity contribution >= 4 is 5.78 Å². The summed E-state index contributed by atoms with van der Waals surface area (Å²) in [5, 5.41) is 3.37. The number of Topliss-reactive ketones (excluding diaryl/α,β-unsaturated/α-hetero) is 1. The van der Waals surface area contributed by atoms with Gasteiger partial charge in [-0.15, -0.1) is 12.3 Å². The highest BCUT2D eigenvalue weighted by atomic mass is 16.1. The summed E-state index contributed by atoms with van der Waals surface area (Å²) in [5.41, 5.74) is -0.0817. The number of carbonyl (C=O) groups is 1. The van der Waals surface area contributed by atoms with Gasteiger partial charge in [-0.2, -0.15) is 0 Å². The van der Waals surface area contributed by atoms with Crippen molar-refractivity contribution < 1.29 is 4.79 Å². The van der Waals surface area contributed by atoms with Gasteiger partial charge in [0.05, 0.1) is 0 Å². The number of hydrogen-bond donors (Lipinski definition) is 1. The molecule has 0 radical (unpaired) electrons. The van der Waals surface area contributed by atoms with E-state index in [-0.39, 0.29) is 5.41 Å². The van der Waals surface area contributed by atoms with E-state index in [1.165, 1.54) is 0 Å². The van der Waals surface area contributed by atoms with Gasteiger partial charge in [0.15, 0.2) is 0 Å². The summed E-state index contributed by atoms with van der Waals surface area (Å²) in [6, 6.07) is 0. The molecule has 2 heteroatoms. The zero-order chi connectivity index (χ0) is 11.9. The van der Waals surface area contributed by atoms with E-state index in [4.69, 9.17) is 6.42 Å². The van der Waals surface area contributed by atoms with E-state index in [2.05, 4.69) is 18.2 Å². The molecule has 1 unspecified atom stereocenters. The van der Waals surface area contributed by atoms with Crippen LogP contribution in [0.3, 0.4) is 0 Å². The fourth-order valence-electron chi connectivity index (χ4n) is 2.65. The number of hydrogen-bond acceptors (Lipinski definition) is 2. The van der Waals surface area contributed by atoms with E-state index >= 15 is 0 Å². The third kappa shape index (κ3) is 3.35. The average Bonchev–Trinajstić information content (AvgIpc) is 2.31. The van der Waals surface area contributed by atoms with E-state index in [1.54, 1.807) is 0 Å². The lowest BCUT2D eigenvalue weighted by Crippen LogP contribution is -2.45. The molecule has 1 N–H and O–H groups in total. The molecule has 0 saturated carbocycles. The lowest BCUT2D eigenvalue weighted by atomic mass is 9.72. The molecular weight excluding hydrogens is 198 g/mol. The number of terminal acetylenes is 1. The number of piperidine rings is 1. The Hall–Kier alpha value is -0.810. The molecule has 16 heavy (non-hydrogen) atoms. The van der Waals surface area contributed by atoms with Crippen molar-refractivity contribution in [1.82, 2.24) is 5.32 Å². The van der Waals surface area contributed by atoms with Crippen LogP contribution in [0.5, 0.6) is 0 Å². The van der Waals surface area contributed by atoms with Gasteiger partial charge in [-0.25, -0.2) is 0 Å². The maximum Gasteiger partial charge on any atom is 0.140 e. The molecule has 1 rings (SSSR count). The predicted molar refractivity (Wildman–Crippen MR) is 67.1 cm³/mol. The van der Waals surface area contributed by atoms with Gasteiger partial charge in [0.25, 0.3) is 0 Å².